The van der Waals surface area contributed by atoms with E-state index in [4.69, 9.17) is 16.3 Å². The lowest BCUT2D eigenvalue weighted by atomic mass is 10.0. The van der Waals surface area contributed by atoms with Gasteiger partial charge in [-0.3, -0.25) is 0 Å². The fourth-order valence-corrected chi connectivity index (χ4v) is 2.34. The molecule has 3 heteroatoms. The quantitative estimate of drug-likeness (QED) is 0.736. The molecule has 0 aliphatic heterocycles. The molecule has 0 saturated heterocycles. The van der Waals surface area contributed by atoms with Gasteiger partial charge in [0.05, 0.1) is 7.11 Å². The van der Waals surface area contributed by atoms with Gasteiger partial charge in [-0.25, -0.2) is 0 Å². The zero-order valence-electron chi connectivity index (χ0n) is 9.33. The van der Waals surface area contributed by atoms with Crippen LogP contribution in [0.5, 0.6) is 5.75 Å². The molecule has 2 rings (SSSR count). The van der Waals surface area contributed by atoms with Gasteiger partial charge in [-0.05, 0) is 42.9 Å². The maximum atomic E-state index is 10.3. The first-order chi connectivity index (χ1) is 7.76. The molecule has 1 aromatic carbocycles. The molecular formula is C13H15ClO2. The van der Waals surface area contributed by atoms with Crippen LogP contribution in [0.4, 0.5) is 0 Å². The van der Waals surface area contributed by atoms with Crippen LogP contribution in [0, 0.1) is 0 Å². The van der Waals surface area contributed by atoms with Gasteiger partial charge in [0, 0.05) is 17.0 Å². The first kappa shape index (κ1) is 11.5. The van der Waals surface area contributed by atoms with E-state index >= 15 is 0 Å². The molecule has 1 saturated carbocycles. The lowest BCUT2D eigenvalue weighted by Crippen LogP contribution is -1.95. The maximum absolute atomic E-state index is 10.3. The van der Waals surface area contributed by atoms with E-state index in [2.05, 4.69) is 0 Å². The molecule has 1 aliphatic carbocycles. The van der Waals surface area contributed by atoms with Crippen molar-refractivity contribution in [2.75, 3.05) is 7.11 Å². The Bertz CT molecular complexity index is 397. The fraction of sp³-hybridized carbons (Fsp3) is 0.462. The van der Waals surface area contributed by atoms with Gasteiger partial charge < -0.3 is 9.53 Å². The molecule has 0 amide bonds. The van der Waals surface area contributed by atoms with E-state index in [1.165, 1.54) is 12.8 Å². The molecule has 1 fully saturated rings. The summed E-state index contributed by atoms with van der Waals surface area (Å²) in [6.45, 7) is 0. The molecular weight excluding hydrogens is 224 g/mol. The Labute approximate surface area is 101 Å². The van der Waals surface area contributed by atoms with E-state index in [1.54, 1.807) is 7.11 Å². The van der Waals surface area contributed by atoms with Crippen LogP contribution in [-0.2, 0) is 11.2 Å². The summed E-state index contributed by atoms with van der Waals surface area (Å²) in [5.41, 5.74) is 2.21. The van der Waals surface area contributed by atoms with Crippen molar-refractivity contribution in [3.05, 3.63) is 28.3 Å². The average Bonchev–Trinajstić information content (AvgIpc) is 3.09. The van der Waals surface area contributed by atoms with Gasteiger partial charge in [-0.2, -0.15) is 0 Å². The monoisotopic (exact) mass is 238 g/mol. The maximum Gasteiger partial charge on any atom is 0.124 e. The van der Waals surface area contributed by atoms with Gasteiger partial charge in [0.25, 0.3) is 0 Å². The highest BCUT2D eigenvalue weighted by atomic mass is 35.5. The highest BCUT2D eigenvalue weighted by Crippen LogP contribution is 2.47. The molecule has 1 aromatic rings. The van der Waals surface area contributed by atoms with Gasteiger partial charge >= 0.3 is 0 Å². The molecule has 0 radical (unpaired) electrons. The second kappa shape index (κ2) is 4.88. The van der Waals surface area contributed by atoms with Crippen molar-refractivity contribution in [3.63, 3.8) is 0 Å². The first-order valence-electron chi connectivity index (χ1n) is 5.56. The largest absolute Gasteiger partial charge is 0.496 e. The molecule has 0 heterocycles. The van der Waals surface area contributed by atoms with Gasteiger partial charge in [0.2, 0.25) is 0 Å². The summed E-state index contributed by atoms with van der Waals surface area (Å²) >= 11 is 6.26. The van der Waals surface area contributed by atoms with Gasteiger partial charge in [0.15, 0.2) is 0 Å². The minimum atomic E-state index is 0.530. The topological polar surface area (TPSA) is 26.3 Å². The normalized spacial score (nSPS) is 14.9. The number of halogens is 1. The summed E-state index contributed by atoms with van der Waals surface area (Å²) < 4.78 is 5.38. The third-order valence-corrected chi connectivity index (χ3v) is 3.22. The van der Waals surface area contributed by atoms with Crippen molar-refractivity contribution in [2.45, 2.75) is 31.6 Å². The Hall–Kier alpha value is -1.02. The van der Waals surface area contributed by atoms with E-state index in [0.717, 1.165) is 34.6 Å². The standard InChI is InChI=1S/C13H15ClO2/c1-16-12-8-9(3-2-6-15)7-11(14)13(12)10-4-5-10/h6-8,10H,2-5H2,1H3. The molecule has 0 spiro atoms. The third kappa shape index (κ3) is 2.38. The number of benzene rings is 1. The number of ether oxygens (including phenoxy) is 1. The predicted octanol–water partition coefficient (Wildman–Crippen LogP) is 3.36. The highest BCUT2D eigenvalue weighted by molar-refractivity contribution is 6.31. The lowest BCUT2D eigenvalue weighted by Gasteiger charge is -2.12. The van der Waals surface area contributed by atoms with Crippen molar-refractivity contribution >= 4 is 17.9 Å². The van der Waals surface area contributed by atoms with E-state index in [9.17, 15) is 4.79 Å². The summed E-state index contributed by atoms with van der Waals surface area (Å²) in [6, 6.07) is 3.96. The van der Waals surface area contributed by atoms with Crippen LogP contribution < -0.4 is 4.74 Å². The van der Waals surface area contributed by atoms with Crippen molar-refractivity contribution < 1.29 is 9.53 Å². The highest BCUT2D eigenvalue weighted by Gasteiger charge is 2.29. The molecule has 2 nitrogen and oxygen atoms in total. The second-order valence-electron chi connectivity index (χ2n) is 4.17. The summed E-state index contributed by atoms with van der Waals surface area (Å²) in [5, 5.41) is 0.780. The fourth-order valence-electron chi connectivity index (χ4n) is 1.95. The Balaban J connectivity index is 2.30. The smallest absolute Gasteiger partial charge is 0.124 e. The second-order valence-corrected chi connectivity index (χ2v) is 4.58. The molecule has 0 N–H and O–H groups in total. The van der Waals surface area contributed by atoms with Crippen molar-refractivity contribution in [1.29, 1.82) is 0 Å². The molecule has 86 valence electrons. The van der Waals surface area contributed by atoms with E-state index in [-0.39, 0.29) is 0 Å². The number of carbonyl (C=O) groups is 1. The van der Waals surface area contributed by atoms with E-state index in [1.807, 2.05) is 12.1 Å². The van der Waals surface area contributed by atoms with Crippen LogP contribution in [0.15, 0.2) is 12.1 Å². The summed E-state index contributed by atoms with van der Waals surface area (Å²) in [4.78, 5) is 10.3. The minimum absolute atomic E-state index is 0.530. The van der Waals surface area contributed by atoms with E-state index < -0.39 is 0 Å². The number of hydrogen-bond donors (Lipinski definition) is 0. The minimum Gasteiger partial charge on any atom is -0.496 e. The van der Waals surface area contributed by atoms with Crippen LogP contribution in [0.25, 0.3) is 0 Å². The third-order valence-electron chi connectivity index (χ3n) is 2.91. The van der Waals surface area contributed by atoms with Gasteiger partial charge in [-0.15, -0.1) is 0 Å². The zero-order valence-corrected chi connectivity index (χ0v) is 10.1. The summed E-state index contributed by atoms with van der Waals surface area (Å²) in [6.07, 6.45) is 4.58. The number of aldehydes is 1. The average molecular weight is 239 g/mol. The number of aryl methyl sites for hydroxylation is 1. The van der Waals surface area contributed by atoms with Gasteiger partial charge in [0.1, 0.15) is 12.0 Å². The molecule has 0 bridgehead atoms. The number of carbonyl (C=O) groups excluding carboxylic acids is 1. The summed E-state index contributed by atoms with van der Waals surface area (Å²) in [7, 11) is 1.67. The summed E-state index contributed by atoms with van der Waals surface area (Å²) in [5.74, 6) is 1.44. The number of hydrogen-bond acceptors (Lipinski definition) is 2. The number of rotatable bonds is 5. The zero-order chi connectivity index (χ0) is 11.5. The molecule has 1 aliphatic rings. The predicted molar refractivity (Wildman–Crippen MR) is 64.4 cm³/mol. The Morgan fingerprint density at radius 2 is 2.25 bits per heavy atom. The van der Waals surface area contributed by atoms with Crippen LogP contribution in [-0.4, -0.2) is 13.4 Å². The van der Waals surface area contributed by atoms with Crippen molar-refractivity contribution in [2.24, 2.45) is 0 Å². The Morgan fingerprint density at radius 3 is 2.81 bits per heavy atom. The molecule has 0 aromatic heterocycles. The Morgan fingerprint density at radius 1 is 1.50 bits per heavy atom. The molecule has 0 atom stereocenters. The van der Waals surface area contributed by atoms with Crippen molar-refractivity contribution in [1.82, 2.24) is 0 Å². The Kier molecular flexibility index (Phi) is 3.49. The van der Waals surface area contributed by atoms with E-state index in [0.29, 0.717) is 12.3 Å². The van der Waals surface area contributed by atoms with Crippen LogP contribution in [0.2, 0.25) is 5.02 Å². The van der Waals surface area contributed by atoms with Crippen molar-refractivity contribution in [3.8, 4) is 5.75 Å². The van der Waals surface area contributed by atoms with Crippen LogP contribution in [0.3, 0.4) is 0 Å². The number of methoxy groups -OCH3 is 1. The van der Waals surface area contributed by atoms with Crippen LogP contribution in [0.1, 0.15) is 36.3 Å². The van der Waals surface area contributed by atoms with Gasteiger partial charge in [-0.1, -0.05) is 11.6 Å². The molecule has 0 unspecified atom stereocenters. The molecule has 16 heavy (non-hydrogen) atoms. The lowest BCUT2D eigenvalue weighted by molar-refractivity contribution is -0.107. The van der Waals surface area contributed by atoms with Crippen LogP contribution >= 0.6 is 11.6 Å². The first-order valence-corrected chi connectivity index (χ1v) is 5.94. The SMILES string of the molecule is COc1cc(CCC=O)cc(Cl)c1C1CC1.